The highest BCUT2D eigenvalue weighted by Crippen LogP contribution is 1.88. The Bertz CT molecular complexity index is 182. The van der Waals surface area contributed by atoms with E-state index in [1.807, 2.05) is 0 Å². The molecule has 0 aliphatic carbocycles. The van der Waals surface area contributed by atoms with Crippen molar-refractivity contribution < 1.29 is 14.6 Å². The van der Waals surface area contributed by atoms with Crippen molar-refractivity contribution in [2.24, 2.45) is 0 Å². The van der Waals surface area contributed by atoms with Crippen LogP contribution < -0.4 is 5.32 Å². The second-order valence-corrected chi connectivity index (χ2v) is 3.22. The van der Waals surface area contributed by atoms with Gasteiger partial charge < -0.3 is 15.2 Å². The van der Waals surface area contributed by atoms with Crippen molar-refractivity contribution in [2.45, 2.75) is 26.0 Å². The van der Waals surface area contributed by atoms with Crippen molar-refractivity contribution >= 4 is 5.78 Å². The normalized spacial score (nSPS) is 14.8. The summed E-state index contributed by atoms with van der Waals surface area (Å²) in [5.74, 6) is 0.0595. The lowest BCUT2D eigenvalue weighted by Crippen LogP contribution is -2.39. The molecule has 0 spiro atoms. The zero-order valence-corrected chi connectivity index (χ0v) is 8.82. The van der Waals surface area contributed by atoms with Gasteiger partial charge in [-0.2, -0.15) is 0 Å². The summed E-state index contributed by atoms with van der Waals surface area (Å²) >= 11 is 0. The largest absolute Gasteiger partial charge is 0.389 e. The molecule has 0 fully saturated rings. The number of hydrogen-bond acceptors (Lipinski definition) is 4. The van der Waals surface area contributed by atoms with Gasteiger partial charge >= 0.3 is 0 Å². The van der Waals surface area contributed by atoms with Gasteiger partial charge in [-0.05, 0) is 13.8 Å². The topological polar surface area (TPSA) is 58.6 Å². The van der Waals surface area contributed by atoms with Crippen molar-refractivity contribution in [1.82, 2.24) is 5.32 Å². The molecule has 2 N–H and O–H groups in total. The number of aliphatic hydroxyl groups is 1. The Morgan fingerprint density at radius 3 is 2.86 bits per heavy atom. The minimum absolute atomic E-state index is 0.0595. The van der Waals surface area contributed by atoms with Crippen LogP contribution in [-0.4, -0.2) is 42.8 Å². The standard InChI is InChI=1S/C10H19NO3/c1-4-5-14-7-10(13)6-11-8(2)9(3)12/h4,8,10-11,13H,1,5-7H2,2-3H3. The molecule has 0 radical (unpaired) electrons. The number of aliphatic hydroxyl groups excluding tert-OH is 1. The minimum Gasteiger partial charge on any atom is -0.389 e. The molecule has 0 rings (SSSR count). The van der Waals surface area contributed by atoms with Crippen LogP contribution in [0.15, 0.2) is 12.7 Å². The Hall–Kier alpha value is -0.710. The summed E-state index contributed by atoms with van der Waals surface area (Å²) in [4.78, 5) is 10.8. The Kier molecular flexibility index (Phi) is 7.28. The van der Waals surface area contributed by atoms with Crippen LogP contribution in [0.3, 0.4) is 0 Å². The molecule has 2 unspecified atom stereocenters. The Balaban J connectivity index is 3.47. The van der Waals surface area contributed by atoms with E-state index in [1.54, 1.807) is 13.0 Å². The molecule has 14 heavy (non-hydrogen) atoms. The first-order chi connectivity index (χ1) is 6.57. The summed E-state index contributed by atoms with van der Waals surface area (Å²) in [6.07, 6.45) is 1.04. The van der Waals surface area contributed by atoms with E-state index in [4.69, 9.17) is 4.74 Å². The summed E-state index contributed by atoms with van der Waals surface area (Å²) in [6.45, 7) is 7.81. The van der Waals surface area contributed by atoms with Crippen molar-refractivity contribution in [2.75, 3.05) is 19.8 Å². The van der Waals surface area contributed by atoms with Crippen LogP contribution in [0.4, 0.5) is 0 Å². The number of hydrogen-bond donors (Lipinski definition) is 2. The number of carbonyl (C=O) groups is 1. The molecule has 0 bridgehead atoms. The average Bonchev–Trinajstić information content (AvgIpc) is 2.14. The van der Waals surface area contributed by atoms with Crippen LogP contribution in [-0.2, 0) is 9.53 Å². The van der Waals surface area contributed by atoms with Gasteiger partial charge in [-0.25, -0.2) is 0 Å². The Morgan fingerprint density at radius 2 is 2.36 bits per heavy atom. The first kappa shape index (κ1) is 13.3. The lowest BCUT2D eigenvalue weighted by Gasteiger charge is -2.14. The molecule has 0 aliphatic rings. The lowest BCUT2D eigenvalue weighted by molar-refractivity contribution is -0.118. The zero-order chi connectivity index (χ0) is 11.0. The number of nitrogens with one attached hydrogen (secondary N) is 1. The van der Waals surface area contributed by atoms with Crippen LogP contribution in [0.2, 0.25) is 0 Å². The van der Waals surface area contributed by atoms with Crippen molar-refractivity contribution in [3.05, 3.63) is 12.7 Å². The summed E-state index contributed by atoms with van der Waals surface area (Å²) in [5.41, 5.74) is 0. The van der Waals surface area contributed by atoms with Gasteiger partial charge in [-0.15, -0.1) is 6.58 Å². The third-order valence-corrected chi connectivity index (χ3v) is 1.82. The van der Waals surface area contributed by atoms with Gasteiger partial charge in [0.05, 0.1) is 25.4 Å². The van der Waals surface area contributed by atoms with Crippen LogP contribution in [0.25, 0.3) is 0 Å². The Morgan fingerprint density at radius 1 is 1.71 bits per heavy atom. The van der Waals surface area contributed by atoms with Crippen molar-refractivity contribution in [1.29, 1.82) is 0 Å². The average molecular weight is 201 g/mol. The van der Waals surface area contributed by atoms with Gasteiger partial charge in [0.25, 0.3) is 0 Å². The third kappa shape index (κ3) is 6.77. The molecule has 0 aliphatic heterocycles. The van der Waals surface area contributed by atoms with E-state index in [0.29, 0.717) is 13.2 Å². The summed E-state index contributed by atoms with van der Waals surface area (Å²) in [7, 11) is 0. The van der Waals surface area contributed by atoms with E-state index in [1.165, 1.54) is 6.92 Å². The fraction of sp³-hybridized carbons (Fsp3) is 0.700. The second-order valence-electron chi connectivity index (χ2n) is 3.22. The maximum Gasteiger partial charge on any atom is 0.146 e. The molecule has 0 amide bonds. The van der Waals surface area contributed by atoms with E-state index < -0.39 is 6.10 Å². The number of rotatable bonds is 8. The summed E-state index contributed by atoms with van der Waals surface area (Å²) < 4.78 is 5.04. The van der Waals surface area contributed by atoms with Gasteiger partial charge in [0.2, 0.25) is 0 Å². The van der Waals surface area contributed by atoms with Crippen LogP contribution in [0, 0.1) is 0 Å². The third-order valence-electron chi connectivity index (χ3n) is 1.82. The molecule has 0 saturated heterocycles. The maximum absolute atomic E-state index is 10.8. The number of carbonyl (C=O) groups excluding carboxylic acids is 1. The first-order valence-corrected chi connectivity index (χ1v) is 4.68. The molecule has 0 aromatic carbocycles. The highest BCUT2D eigenvalue weighted by Gasteiger charge is 2.09. The molecule has 0 saturated carbocycles. The van der Waals surface area contributed by atoms with E-state index in [9.17, 15) is 9.90 Å². The van der Waals surface area contributed by atoms with Crippen LogP contribution in [0.5, 0.6) is 0 Å². The monoisotopic (exact) mass is 201 g/mol. The molecule has 0 aromatic heterocycles. The van der Waals surface area contributed by atoms with E-state index in [0.717, 1.165) is 0 Å². The quantitative estimate of drug-likeness (QED) is 0.432. The molecule has 4 heteroatoms. The van der Waals surface area contributed by atoms with Gasteiger partial charge in [0.1, 0.15) is 5.78 Å². The van der Waals surface area contributed by atoms with E-state index in [2.05, 4.69) is 11.9 Å². The van der Waals surface area contributed by atoms with Gasteiger partial charge in [-0.3, -0.25) is 4.79 Å². The van der Waals surface area contributed by atoms with E-state index >= 15 is 0 Å². The highest BCUT2D eigenvalue weighted by atomic mass is 16.5. The van der Waals surface area contributed by atoms with E-state index in [-0.39, 0.29) is 18.4 Å². The Labute approximate surface area is 85.0 Å². The molecule has 82 valence electrons. The molecular weight excluding hydrogens is 182 g/mol. The number of ether oxygens (including phenoxy) is 1. The summed E-state index contributed by atoms with van der Waals surface area (Å²) in [5, 5.41) is 12.3. The van der Waals surface area contributed by atoms with Crippen LogP contribution >= 0.6 is 0 Å². The number of Topliss-reactive ketones (excluding diaryl/α,β-unsaturated/α-hetero) is 1. The number of ketones is 1. The molecule has 0 aromatic rings. The second kappa shape index (κ2) is 7.67. The summed E-state index contributed by atoms with van der Waals surface area (Å²) in [6, 6.07) is -0.218. The van der Waals surface area contributed by atoms with Crippen molar-refractivity contribution in [3.63, 3.8) is 0 Å². The fourth-order valence-electron chi connectivity index (χ4n) is 0.803. The SMILES string of the molecule is C=CCOCC(O)CNC(C)C(C)=O. The fourth-order valence-corrected chi connectivity index (χ4v) is 0.803. The molecular formula is C10H19NO3. The van der Waals surface area contributed by atoms with Gasteiger partial charge in [-0.1, -0.05) is 6.08 Å². The predicted molar refractivity (Wildman–Crippen MR) is 55.2 cm³/mol. The molecule has 0 heterocycles. The maximum atomic E-state index is 10.8. The smallest absolute Gasteiger partial charge is 0.146 e. The molecule has 4 nitrogen and oxygen atoms in total. The van der Waals surface area contributed by atoms with Gasteiger partial charge in [0.15, 0.2) is 0 Å². The first-order valence-electron chi connectivity index (χ1n) is 4.68. The lowest BCUT2D eigenvalue weighted by atomic mass is 10.2. The zero-order valence-electron chi connectivity index (χ0n) is 8.82. The molecule has 2 atom stereocenters. The van der Waals surface area contributed by atoms with Gasteiger partial charge in [0, 0.05) is 6.54 Å². The van der Waals surface area contributed by atoms with Crippen molar-refractivity contribution in [3.8, 4) is 0 Å². The van der Waals surface area contributed by atoms with Crippen LogP contribution in [0.1, 0.15) is 13.8 Å². The highest BCUT2D eigenvalue weighted by molar-refractivity contribution is 5.80. The predicted octanol–water partition coefficient (Wildman–Crippen LogP) is 0.117. The minimum atomic E-state index is -0.586.